The highest BCUT2D eigenvalue weighted by molar-refractivity contribution is 6.05. The van der Waals surface area contributed by atoms with E-state index >= 15 is 0 Å². The van der Waals surface area contributed by atoms with E-state index in [-0.39, 0.29) is 17.9 Å². The number of aliphatic hydroxyl groups is 1. The second-order valence-electron chi connectivity index (χ2n) is 6.96. The number of methoxy groups -OCH3 is 1. The summed E-state index contributed by atoms with van der Waals surface area (Å²) in [6.45, 7) is 2.34. The molecule has 1 heterocycles. The third-order valence-electron chi connectivity index (χ3n) is 5.14. The van der Waals surface area contributed by atoms with Gasteiger partial charge in [0.15, 0.2) is 0 Å². The van der Waals surface area contributed by atoms with Crippen LogP contribution in [0.5, 0.6) is 5.75 Å². The smallest absolute Gasteiger partial charge is 0.267 e. The van der Waals surface area contributed by atoms with Crippen LogP contribution in [0.1, 0.15) is 38.2 Å². The maximum absolute atomic E-state index is 12.5. The van der Waals surface area contributed by atoms with Crippen molar-refractivity contribution in [2.45, 2.75) is 38.2 Å². The molecule has 6 heteroatoms. The summed E-state index contributed by atoms with van der Waals surface area (Å²) < 4.78 is 5.15. The number of hydrogen-bond acceptors (Lipinski definition) is 5. The quantitative estimate of drug-likeness (QED) is 0.833. The summed E-state index contributed by atoms with van der Waals surface area (Å²) in [6.07, 6.45) is 3.43. The Morgan fingerprint density at radius 3 is 2.62 bits per heavy atom. The van der Waals surface area contributed by atoms with Crippen LogP contribution in [0.4, 0.5) is 0 Å². The van der Waals surface area contributed by atoms with Gasteiger partial charge in [-0.25, -0.2) is 0 Å². The van der Waals surface area contributed by atoms with Gasteiger partial charge in [0.2, 0.25) is 5.60 Å². The van der Waals surface area contributed by atoms with Crippen LogP contribution < -0.4 is 10.1 Å². The maximum atomic E-state index is 12.5. The van der Waals surface area contributed by atoms with Gasteiger partial charge in [0.1, 0.15) is 5.75 Å². The number of carbonyl (C=O) groups is 1. The molecule has 1 aliphatic heterocycles. The molecule has 130 valence electrons. The van der Waals surface area contributed by atoms with Crippen LogP contribution in [-0.4, -0.2) is 42.6 Å². The highest BCUT2D eigenvalue weighted by atomic mass is 16.7. The molecule has 1 fully saturated rings. The molecule has 1 aromatic carbocycles. The highest BCUT2D eigenvalue weighted by Gasteiger charge is 2.44. The molecular formula is C18H24N2O4. The lowest BCUT2D eigenvalue weighted by Crippen LogP contribution is -2.51. The minimum atomic E-state index is -1.00. The van der Waals surface area contributed by atoms with Gasteiger partial charge in [0, 0.05) is 18.4 Å². The first-order valence-corrected chi connectivity index (χ1v) is 8.29. The van der Waals surface area contributed by atoms with Crippen LogP contribution in [0.15, 0.2) is 29.4 Å². The minimum absolute atomic E-state index is 0.110. The third-order valence-corrected chi connectivity index (χ3v) is 5.14. The van der Waals surface area contributed by atoms with Crippen molar-refractivity contribution in [1.82, 2.24) is 5.32 Å². The van der Waals surface area contributed by atoms with Crippen molar-refractivity contribution >= 4 is 11.6 Å². The number of nitrogens with zero attached hydrogens (tertiary/aromatic N) is 1. The summed E-state index contributed by atoms with van der Waals surface area (Å²) in [7, 11) is 1.62. The van der Waals surface area contributed by atoms with Gasteiger partial charge in [-0.1, -0.05) is 11.6 Å². The van der Waals surface area contributed by atoms with Crippen molar-refractivity contribution in [1.29, 1.82) is 0 Å². The maximum Gasteiger partial charge on any atom is 0.267 e. The van der Waals surface area contributed by atoms with Crippen molar-refractivity contribution in [2.24, 2.45) is 10.6 Å². The van der Waals surface area contributed by atoms with E-state index in [9.17, 15) is 9.90 Å². The van der Waals surface area contributed by atoms with Crippen LogP contribution in [0, 0.1) is 5.41 Å². The Bertz CT molecular complexity index is 631. The Labute approximate surface area is 141 Å². The molecule has 0 spiro atoms. The molecule has 2 aliphatic rings. The van der Waals surface area contributed by atoms with E-state index in [2.05, 4.69) is 10.5 Å². The molecule has 3 rings (SSSR count). The van der Waals surface area contributed by atoms with Crippen molar-refractivity contribution in [3.8, 4) is 5.75 Å². The normalized spacial score (nSPS) is 24.5. The predicted octanol–water partition coefficient (Wildman–Crippen LogP) is 1.86. The summed E-state index contributed by atoms with van der Waals surface area (Å²) >= 11 is 0. The molecule has 1 amide bonds. The second kappa shape index (κ2) is 6.43. The van der Waals surface area contributed by atoms with Gasteiger partial charge in [-0.2, -0.15) is 0 Å². The van der Waals surface area contributed by atoms with Gasteiger partial charge in [0.25, 0.3) is 5.91 Å². The molecule has 1 atom stereocenters. The average molecular weight is 332 g/mol. The standard InChI is InChI=1S/C18H24N2O4/c1-17(16(22)19-11-18(12-21)8-3-9-18)10-15(20-24-17)13-4-6-14(23-2)7-5-13/h4-7,21H,3,8-12H2,1-2H3,(H,19,22). The van der Waals surface area contributed by atoms with Crippen molar-refractivity contribution < 1.29 is 19.5 Å². The number of amides is 1. The number of ether oxygens (including phenoxy) is 1. The number of carbonyl (C=O) groups excluding carboxylic acids is 1. The van der Waals surface area contributed by atoms with Gasteiger partial charge in [-0.15, -0.1) is 0 Å². The topological polar surface area (TPSA) is 80.2 Å². The zero-order valence-corrected chi connectivity index (χ0v) is 14.2. The lowest BCUT2D eigenvalue weighted by molar-refractivity contribution is -0.142. The van der Waals surface area contributed by atoms with Gasteiger partial charge < -0.3 is 20.0 Å². The Balaban J connectivity index is 1.60. The molecule has 0 aromatic heterocycles. The van der Waals surface area contributed by atoms with Crippen molar-refractivity contribution in [3.05, 3.63) is 29.8 Å². The second-order valence-corrected chi connectivity index (χ2v) is 6.96. The average Bonchev–Trinajstić information content (AvgIpc) is 2.98. The number of oxime groups is 1. The van der Waals surface area contributed by atoms with E-state index < -0.39 is 5.60 Å². The summed E-state index contributed by atoms with van der Waals surface area (Å²) in [6, 6.07) is 7.52. The minimum Gasteiger partial charge on any atom is -0.497 e. The molecule has 1 aromatic rings. The van der Waals surface area contributed by atoms with Crippen LogP contribution in [-0.2, 0) is 9.63 Å². The SMILES string of the molecule is COc1ccc(C2=NOC(C)(C(=O)NCC3(CO)CCC3)C2)cc1. The van der Waals surface area contributed by atoms with E-state index in [4.69, 9.17) is 9.57 Å². The summed E-state index contributed by atoms with van der Waals surface area (Å²) in [5.74, 6) is 0.586. The Kier molecular flexibility index (Phi) is 4.49. The zero-order chi connectivity index (χ0) is 17.2. The van der Waals surface area contributed by atoms with Gasteiger partial charge in [0.05, 0.1) is 19.4 Å². The molecular weight excluding hydrogens is 308 g/mol. The number of aliphatic hydroxyl groups excluding tert-OH is 1. The first kappa shape index (κ1) is 16.8. The molecule has 0 saturated heterocycles. The van der Waals surface area contributed by atoms with Gasteiger partial charge in [-0.05, 0) is 49.6 Å². The summed E-state index contributed by atoms with van der Waals surface area (Å²) in [5.41, 5.74) is 0.508. The van der Waals surface area contributed by atoms with E-state index in [1.807, 2.05) is 24.3 Å². The Hall–Kier alpha value is -2.08. The van der Waals surface area contributed by atoms with E-state index in [0.717, 1.165) is 36.3 Å². The lowest BCUT2D eigenvalue weighted by Gasteiger charge is -2.40. The molecule has 1 saturated carbocycles. The van der Waals surface area contributed by atoms with Crippen LogP contribution in [0.2, 0.25) is 0 Å². The van der Waals surface area contributed by atoms with Crippen molar-refractivity contribution in [2.75, 3.05) is 20.3 Å². The van der Waals surface area contributed by atoms with E-state index in [1.165, 1.54) is 0 Å². The fourth-order valence-corrected chi connectivity index (χ4v) is 3.12. The number of rotatable bonds is 6. The van der Waals surface area contributed by atoms with Gasteiger partial charge in [-0.3, -0.25) is 4.79 Å². The number of benzene rings is 1. The fourth-order valence-electron chi connectivity index (χ4n) is 3.12. The van der Waals surface area contributed by atoms with Crippen LogP contribution in [0.3, 0.4) is 0 Å². The number of nitrogens with one attached hydrogen (secondary N) is 1. The highest BCUT2D eigenvalue weighted by Crippen LogP contribution is 2.40. The molecule has 0 radical (unpaired) electrons. The molecule has 24 heavy (non-hydrogen) atoms. The van der Waals surface area contributed by atoms with E-state index in [0.29, 0.717) is 13.0 Å². The molecule has 0 bridgehead atoms. The summed E-state index contributed by atoms with van der Waals surface area (Å²) in [5, 5.41) is 16.5. The van der Waals surface area contributed by atoms with Crippen LogP contribution in [0.25, 0.3) is 0 Å². The Morgan fingerprint density at radius 2 is 2.08 bits per heavy atom. The fraction of sp³-hybridized carbons (Fsp3) is 0.556. The number of hydrogen-bond donors (Lipinski definition) is 2. The molecule has 1 unspecified atom stereocenters. The lowest BCUT2D eigenvalue weighted by atomic mass is 9.69. The molecule has 2 N–H and O–H groups in total. The Morgan fingerprint density at radius 1 is 1.38 bits per heavy atom. The van der Waals surface area contributed by atoms with E-state index in [1.54, 1.807) is 14.0 Å². The largest absolute Gasteiger partial charge is 0.497 e. The van der Waals surface area contributed by atoms with Crippen LogP contribution >= 0.6 is 0 Å². The van der Waals surface area contributed by atoms with Gasteiger partial charge >= 0.3 is 0 Å². The first-order chi connectivity index (χ1) is 11.5. The van der Waals surface area contributed by atoms with Crippen molar-refractivity contribution in [3.63, 3.8) is 0 Å². The molecule has 1 aliphatic carbocycles. The summed E-state index contributed by atoms with van der Waals surface area (Å²) in [4.78, 5) is 18.0. The monoisotopic (exact) mass is 332 g/mol. The first-order valence-electron chi connectivity index (χ1n) is 8.29. The predicted molar refractivity (Wildman–Crippen MR) is 90.0 cm³/mol. The molecule has 6 nitrogen and oxygen atoms in total. The third kappa shape index (κ3) is 3.11. The zero-order valence-electron chi connectivity index (χ0n) is 14.2.